The fraction of sp³-hybridized carbons (Fsp3) is 0.200. The fourth-order valence-electron chi connectivity index (χ4n) is 1.75. The van der Waals surface area contributed by atoms with Crippen LogP contribution in [0.4, 0.5) is 5.69 Å². The highest BCUT2D eigenvalue weighted by molar-refractivity contribution is 7.84. The minimum Gasteiger partial charge on any atom is -0.497 e. The molecule has 0 aromatic heterocycles. The second-order valence-electron chi connectivity index (χ2n) is 4.36. The third kappa shape index (κ3) is 3.35. The van der Waals surface area contributed by atoms with Gasteiger partial charge in [-0.15, -0.1) is 0 Å². The van der Waals surface area contributed by atoms with Crippen LogP contribution < -0.4 is 10.5 Å². The van der Waals surface area contributed by atoms with E-state index in [9.17, 15) is 4.21 Å². The van der Waals surface area contributed by atoms with Crippen LogP contribution in [-0.4, -0.2) is 11.3 Å². The second kappa shape index (κ2) is 5.89. The highest BCUT2D eigenvalue weighted by Gasteiger charge is 2.07. The number of benzene rings is 2. The lowest BCUT2D eigenvalue weighted by atomic mass is 10.2. The number of rotatable bonds is 4. The summed E-state index contributed by atoms with van der Waals surface area (Å²) in [7, 11) is 0.571. The van der Waals surface area contributed by atoms with Crippen molar-refractivity contribution in [1.29, 1.82) is 0 Å². The van der Waals surface area contributed by atoms with Gasteiger partial charge in [-0.3, -0.25) is 4.21 Å². The molecule has 2 aromatic carbocycles. The van der Waals surface area contributed by atoms with E-state index in [-0.39, 0.29) is 0 Å². The van der Waals surface area contributed by atoms with Gasteiger partial charge in [-0.05, 0) is 48.4 Å². The van der Waals surface area contributed by atoms with Crippen molar-refractivity contribution in [3.8, 4) is 5.75 Å². The van der Waals surface area contributed by atoms with E-state index in [1.165, 1.54) is 0 Å². The van der Waals surface area contributed by atoms with Crippen LogP contribution in [0.2, 0.25) is 0 Å². The van der Waals surface area contributed by atoms with E-state index in [0.717, 1.165) is 27.5 Å². The summed E-state index contributed by atoms with van der Waals surface area (Å²) in [6.07, 6.45) is 0. The first-order valence-electron chi connectivity index (χ1n) is 5.97. The molecular formula is C15H17NO2S. The molecule has 0 fully saturated rings. The summed E-state index contributed by atoms with van der Waals surface area (Å²) in [5, 5.41) is 0. The van der Waals surface area contributed by atoms with Crippen molar-refractivity contribution in [3.05, 3.63) is 53.6 Å². The first-order chi connectivity index (χ1) is 9.10. The van der Waals surface area contributed by atoms with Crippen LogP contribution in [0, 0.1) is 6.92 Å². The Morgan fingerprint density at radius 1 is 1.16 bits per heavy atom. The Morgan fingerprint density at radius 2 is 1.84 bits per heavy atom. The van der Waals surface area contributed by atoms with Crippen molar-refractivity contribution in [3.63, 3.8) is 0 Å². The van der Waals surface area contributed by atoms with Crippen LogP contribution in [0.5, 0.6) is 5.75 Å². The summed E-state index contributed by atoms with van der Waals surface area (Å²) in [6.45, 7) is 1.92. The first kappa shape index (κ1) is 13.6. The van der Waals surface area contributed by atoms with Gasteiger partial charge in [-0.2, -0.15) is 0 Å². The zero-order valence-electron chi connectivity index (χ0n) is 11.1. The van der Waals surface area contributed by atoms with Gasteiger partial charge in [0.25, 0.3) is 0 Å². The summed E-state index contributed by atoms with van der Waals surface area (Å²) >= 11 is 0. The van der Waals surface area contributed by atoms with Gasteiger partial charge in [0.1, 0.15) is 5.75 Å². The molecule has 0 aliphatic rings. The quantitative estimate of drug-likeness (QED) is 0.873. The molecule has 19 heavy (non-hydrogen) atoms. The van der Waals surface area contributed by atoms with Crippen LogP contribution in [-0.2, 0) is 16.6 Å². The average Bonchev–Trinajstić information content (AvgIpc) is 2.42. The first-order valence-corrected chi connectivity index (χ1v) is 7.29. The van der Waals surface area contributed by atoms with Gasteiger partial charge >= 0.3 is 0 Å². The van der Waals surface area contributed by atoms with E-state index < -0.39 is 10.8 Å². The molecular weight excluding hydrogens is 258 g/mol. The van der Waals surface area contributed by atoms with Crippen LogP contribution in [0.25, 0.3) is 0 Å². The van der Waals surface area contributed by atoms with Gasteiger partial charge in [0.05, 0.1) is 23.7 Å². The third-order valence-electron chi connectivity index (χ3n) is 2.96. The molecule has 1 atom stereocenters. The van der Waals surface area contributed by atoms with E-state index in [2.05, 4.69) is 0 Å². The zero-order valence-corrected chi connectivity index (χ0v) is 11.9. The molecule has 100 valence electrons. The lowest BCUT2D eigenvalue weighted by Crippen LogP contribution is -1.98. The topological polar surface area (TPSA) is 52.3 Å². The van der Waals surface area contributed by atoms with Crippen molar-refractivity contribution < 1.29 is 8.95 Å². The molecule has 0 aliphatic heterocycles. The SMILES string of the molecule is COc1ccc(CS(=O)c2ccc(N)c(C)c2)cc1. The fourth-order valence-corrected chi connectivity index (χ4v) is 2.94. The predicted molar refractivity (Wildman–Crippen MR) is 78.7 cm³/mol. The summed E-state index contributed by atoms with van der Waals surface area (Å²) in [5.74, 6) is 1.30. The van der Waals surface area contributed by atoms with Gasteiger partial charge < -0.3 is 10.5 Å². The molecule has 0 spiro atoms. The van der Waals surface area contributed by atoms with E-state index in [0.29, 0.717) is 5.75 Å². The van der Waals surface area contributed by atoms with Crippen LogP contribution in [0.1, 0.15) is 11.1 Å². The number of aryl methyl sites for hydroxylation is 1. The van der Waals surface area contributed by atoms with Gasteiger partial charge in [-0.1, -0.05) is 12.1 Å². The van der Waals surface area contributed by atoms with Crippen molar-refractivity contribution >= 4 is 16.5 Å². The Labute approximate surface area is 115 Å². The predicted octanol–water partition coefficient (Wildman–Crippen LogP) is 2.89. The number of hydrogen-bond acceptors (Lipinski definition) is 3. The maximum absolute atomic E-state index is 12.3. The molecule has 4 heteroatoms. The molecule has 2 rings (SSSR count). The molecule has 3 nitrogen and oxygen atoms in total. The maximum Gasteiger partial charge on any atom is 0.118 e. The molecule has 0 saturated heterocycles. The minimum atomic E-state index is -1.06. The van der Waals surface area contributed by atoms with E-state index in [4.69, 9.17) is 10.5 Å². The van der Waals surface area contributed by atoms with Gasteiger partial charge in [-0.25, -0.2) is 0 Å². The van der Waals surface area contributed by atoms with Gasteiger partial charge in [0, 0.05) is 10.6 Å². The van der Waals surface area contributed by atoms with Crippen molar-refractivity contribution in [2.45, 2.75) is 17.6 Å². The maximum atomic E-state index is 12.3. The lowest BCUT2D eigenvalue weighted by Gasteiger charge is -2.06. The summed E-state index contributed by atoms with van der Waals surface area (Å²) < 4.78 is 17.4. The van der Waals surface area contributed by atoms with Crippen LogP contribution in [0.15, 0.2) is 47.4 Å². The summed E-state index contributed by atoms with van der Waals surface area (Å²) in [5.41, 5.74) is 8.47. The van der Waals surface area contributed by atoms with Gasteiger partial charge in [0.2, 0.25) is 0 Å². The Morgan fingerprint density at radius 3 is 2.42 bits per heavy atom. The monoisotopic (exact) mass is 275 g/mol. The van der Waals surface area contributed by atoms with Crippen molar-refractivity contribution in [2.75, 3.05) is 12.8 Å². The smallest absolute Gasteiger partial charge is 0.118 e. The Kier molecular flexibility index (Phi) is 4.22. The van der Waals surface area contributed by atoms with E-state index in [1.54, 1.807) is 13.2 Å². The average molecular weight is 275 g/mol. The molecule has 1 unspecified atom stereocenters. The zero-order chi connectivity index (χ0) is 13.8. The molecule has 0 heterocycles. The molecule has 0 bridgehead atoms. The minimum absolute atomic E-state index is 0.493. The third-order valence-corrected chi connectivity index (χ3v) is 4.34. The second-order valence-corrected chi connectivity index (χ2v) is 5.81. The largest absolute Gasteiger partial charge is 0.497 e. The number of hydrogen-bond donors (Lipinski definition) is 1. The van der Waals surface area contributed by atoms with Crippen LogP contribution >= 0.6 is 0 Å². The van der Waals surface area contributed by atoms with Crippen molar-refractivity contribution in [2.24, 2.45) is 0 Å². The number of ether oxygens (including phenoxy) is 1. The number of methoxy groups -OCH3 is 1. The number of nitrogen functional groups attached to an aromatic ring is 1. The number of nitrogens with two attached hydrogens (primary N) is 1. The Hall–Kier alpha value is -1.81. The Balaban J connectivity index is 2.13. The molecule has 0 saturated carbocycles. The summed E-state index contributed by atoms with van der Waals surface area (Å²) in [6, 6.07) is 13.1. The molecule has 0 aliphatic carbocycles. The van der Waals surface area contributed by atoms with Gasteiger partial charge in [0.15, 0.2) is 0 Å². The highest BCUT2D eigenvalue weighted by Crippen LogP contribution is 2.19. The van der Waals surface area contributed by atoms with Crippen molar-refractivity contribution in [1.82, 2.24) is 0 Å². The molecule has 0 amide bonds. The highest BCUT2D eigenvalue weighted by atomic mass is 32.2. The standard InChI is InChI=1S/C15H17NO2S/c1-11-9-14(7-8-15(11)16)19(17)10-12-3-5-13(18-2)6-4-12/h3-9H,10,16H2,1-2H3. The molecule has 0 radical (unpaired) electrons. The normalized spacial score (nSPS) is 12.1. The molecule has 2 aromatic rings. The summed E-state index contributed by atoms with van der Waals surface area (Å²) in [4.78, 5) is 0.808. The van der Waals surface area contributed by atoms with Crippen LogP contribution in [0.3, 0.4) is 0 Å². The van der Waals surface area contributed by atoms with E-state index in [1.807, 2.05) is 43.3 Å². The number of anilines is 1. The lowest BCUT2D eigenvalue weighted by molar-refractivity contribution is 0.414. The van der Waals surface area contributed by atoms with E-state index >= 15 is 0 Å². The Bertz CT molecular complexity index is 594. The molecule has 2 N–H and O–H groups in total.